The highest BCUT2D eigenvalue weighted by molar-refractivity contribution is 5.94. The lowest BCUT2D eigenvalue weighted by Gasteiger charge is -2.26. The molecule has 0 unspecified atom stereocenters. The van der Waals surface area contributed by atoms with Crippen LogP contribution < -0.4 is 0 Å². The van der Waals surface area contributed by atoms with Gasteiger partial charge in [0.1, 0.15) is 11.3 Å². The minimum atomic E-state index is 0.0891. The topological polar surface area (TPSA) is 51.0 Å². The van der Waals surface area contributed by atoms with Gasteiger partial charge < -0.3 is 9.47 Å². The molecule has 1 aromatic carbocycles. The van der Waals surface area contributed by atoms with Crippen molar-refractivity contribution < 1.29 is 4.79 Å². The highest BCUT2D eigenvalue weighted by Gasteiger charge is 2.26. The van der Waals surface area contributed by atoms with Crippen molar-refractivity contribution in [3.63, 3.8) is 0 Å². The van der Waals surface area contributed by atoms with Crippen LogP contribution in [0.3, 0.4) is 0 Å². The third-order valence-electron chi connectivity index (χ3n) is 7.19. The molecule has 1 amide bonds. The van der Waals surface area contributed by atoms with Gasteiger partial charge in [0, 0.05) is 24.3 Å². The average Bonchev–Trinajstić information content (AvgIpc) is 3.50. The third kappa shape index (κ3) is 6.50. The number of hydrogen-bond donors (Lipinski definition) is 0. The van der Waals surface area contributed by atoms with Crippen LogP contribution in [0.15, 0.2) is 42.6 Å². The molecule has 0 spiro atoms. The molecule has 2 aromatic heterocycles. The van der Waals surface area contributed by atoms with Crippen LogP contribution in [0.5, 0.6) is 0 Å². The summed E-state index contributed by atoms with van der Waals surface area (Å²) in [5.41, 5.74) is 3.97. The van der Waals surface area contributed by atoms with Crippen molar-refractivity contribution in [3.05, 3.63) is 59.5 Å². The Morgan fingerprint density at radius 2 is 1.80 bits per heavy atom. The number of aryl methyl sites for hydroxylation is 1. The Balaban J connectivity index is 1.51. The van der Waals surface area contributed by atoms with Gasteiger partial charge in [0.25, 0.3) is 5.91 Å². The number of carbonyl (C=O) groups excluding carboxylic acids is 1. The van der Waals surface area contributed by atoms with Crippen LogP contribution in [0.4, 0.5) is 0 Å². The first-order chi connectivity index (χ1) is 17.1. The zero-order valence-electron chi connectivity index (χ0n) is 21.9. The molecular weight excluding hydrogens is 432 g/mol. The van der Waals surface area contributed by atoms with Gasteiger partial charge in [0.2, 0.25) is 0 Å². The van der Waals surface area contributed by atoms with Crippen molar-refractivity contribution in [2.45, 2.75) is 97.6 Å². The molecule has 0 aliphatic heterocycles. The van der Waals surface area contributed by atoms with Gasteiger partial charge in [-0.05, 0) is 61.4 Å². The molecule has 0 radical (unpaired) electrons. The van der Waals surface area contributed by atoms with Crippen molar-refractivity contribution in [2.24, 2.45) is 5.92 Å². The minimum absolute atomic E-state index is 0.0891. The standard InChI is InChI=1S/C30H42N4O/c1-4-5-6-7-8-12-24-16-18-25(19-17-24)30(35)33(21-23(2)3)22-28-32-27-15-11-20-31-29(27)34(28)26-13-9-10-14-26/h11,15-20,23,26H,4-10,12-14,21-22H2,1-3H3. The highest BCUT2D eigenvalue weighted by atomic mass is 16.2. The van der Waals surface area contributed by atoms with E-state index in [4.69, 9.17) is 4.98 Å². The molecule has 0 N–H and O–H groups in total. The lowest BCUT2D eigenvalue weighted by Crippen LogP contribution is -2.35. The Morgan fingerprint density at radius 3 is 2.51 bits per heavy atom. The van der Waals surface area contributed by atoms with Gasteiger partial charge in [-0.1, -0.05) is 71.4 Å². The molecule has 188 valence electrons. The average molecular weight is 475 g/mol. The van der Waals surface area contributed by atoms with Crippen molar-refractivity contribution in [2.75, 3.05) is 6.54 Å². The summed E-state index contributed by atoms with van der Waals surface area (Å²) in [5, 5.41) is 0. The molecule has 4 rings (SSSR count). The zero-order valence-corrected chi connectivity index (χ0v) is 21.9. The van der Waals surface area contributed by atoms with E-state index in [0.29, 0.717) is 25.0 Å². The third-order valence-corrected chi connectivity index (χ3v) is 7.19. The number of benzene rings is 1. The fraction of sp³-hybridized carbons (Fsp3) is 0.567. The maximum Gasteiger partial charge on any atom is 0.254 e. The quantitative estimate of drug-likeness (QED) is 0.258. The van der Waals surface area contributed by atoms with Gasteiger partial charge in [-0.15, -0.1) is 0 Å². The molecule has 1 aliphatic rings. The molecule has 5 heteroatoms. The fourth-order valence-corrected chi connectivity index (χ4v) is 5.39. The maximum atomic E-state index is 13.6. The smallest absolute Gasteiger partial charge is 0.254 e. The van der Waals surface area contributed by atoms with E-state index in [1.54, 1.807) is 0 Å². The number of carbonyl (C=O) groups is 1. The molecular formula is C30H42N4O. The van der Waals surface area contributed by atoms with Crippen LogP contribution in [0.2, 0.25) is 0 Å². The zero-order chi connectivity index (χ0) is 24.6. The van der Waals surface area contributed by atoms with Crippen LogP contribution >= 0.6 is 0 Å². The Morgan fingerprint density at radius 1 is 1.06 bits per heavy atom. The maximum absolute atomic E-state index is 13.6. The lowest BCUT2D eigenvalue weighted by molar-refractivity contribution is 0.0715. The number of unbranched alkanes of at least 4 members (excludes halogenated alkanes) is 4. The summed E-state index contributed by atoms with van der Waals surface area (Å²) >= 11 is 0. The van der Waals surface area contributed by atoms with Gasteiger partial charge in [0.15, 0.2) is 5.65 Å². The summed E-state index contributed by atoms with van der Waals surface area (Å²) in [5.74, 6) is 1.43. The number of aromatic nitrogens is 3. The number of nitrogens with zero attached hydrogens (tertiary/aromatic N) is 4. The highest BCUT2D eigenvalue weighted by Crippen LogP contribution is 2.33. The predicted octanol–water partition coefficient (Wildman–Crippen LogP) is 7.36. The van der Waals surface area contributed by atoms with Crippen molar-refractivity contribution >= 4 is 17.1 Å². The van der Waals surface area contributed by atoms with Crippen LogP contribution in [-0.2, 0) is 13.0 Å². The van der Waals surface area contributed by atoms with E-state index in [-0.39, 0.29) is 5.91 Å². The van der Waals surface area contributed by atoms with E-state index in [1.165, 1.54) is 50.5 Å². The van der Waals surface area contributed by atoms with E-state index in [9.17, 15) is 4.79 Å². The van der Waals surface area contributed by atoms with Crippen molar-refractivity contribution in [1.82, 2.24) is 19.4 Å². The second-order valence-corrected chi connectivity index (χ2v) is 10.6. The first-order valence-electron chi connectivity index (χ1n) is 13.8. The first kappa shape index (κ1) is 25.4. The summed E-state index contributed by atoms with van der Waals surface area (Å²) in [7, 11) is 0. The van der Waals surface area contributed by atoms with Crippen LogP contribution in [0, 0.1) is 5.92 Å². The summed E-state index contributed by atoms with van der Waals surface area (Å²) in [6.07, 6.45) is 14.2. The second kappa shape index (κ2) is 12.3. The molecule has 0 saturated heterocycles. The summed E-state index contributed by atoms with van der Waals surface area (Å²) in [4.78, 5) is 25.3. The van der Waals surface area contributed by atoms with E-state index in [0.717, 1.165) is 41.8 Å². The van der Waals surface area contributed by atoms with Gasteiger partial charge in [-0.3, -0.25) is 4.79 Å². The molecule has 35 heavy (non-hydrogen) atoms. The summed E-state index contributed by atoms with van der Waals surface area (Å²) < 4.78 is 2.32. The van der Waals surface area contributed by atoms with Gasteiger partial charge >= 0.3 is 0 Å². The molecule has 3 aromatic rings. The lowest BCUT2D eigenvalue weighted by atomic mass is 10.0. The van der Waals surface area contributed by atoms with Crippen molar-refractivity contribution in [1.29, 1.82) is 0 Å². The molecule has 2 heterocycles. The molecule has 0 bridgehead atoms. The molecule has 5 nitrogen and oxygen atoms in total. The van der Waals surface area contributed by atoms with Crippen LogP contribution in [0.1, 0.15) is 106 Å². The van der Waals surface area contributed by atoms with Gasteiger partial charge in [-0.25, -0.2) is 9.97 Å². The monoisotopic (exact) mass is 474 g/mol. The van der Waals surface area contributed by atoms with Gasteiger partial charge in [0.05, 0.1) is 6.54 Å². The number of imidazole rings is 1. The van der Waals surface area contributed by atoms with E-state index in [2.05, 4.69) is 42.5 Å². The second-order valence-electron chi connectivity index (χ2n) is 10.6. The summed E-state index contributed by atoms with van der Waals surface area (Å²) in [6.45, 7) is 7.81. The number of amides is 1. The van der Waals surface area contributed by atoms with E-state index >= 15 is 0 Å². The molecule has 1 saturated carbocycles. The molecule has 1 fully saturated rings. The number of rotatable bonds is 12. The Kier molecular flexibility index (Phi) is 8.95. The molecule has 0 atom stereocenters. The Hall–Kier alpha value is -2.69. The normalized spacial score (nSPS) is 14.3. The van der Waals surface area contributed by atoms with E-state index < -0.39 is 0 Å². The molecule has 1 aliphatic carbocycles. The van der Waals surface area contributed by atoms with Gasteiger partial charge in [-0.2, -0.15) is 0 Å². The first-order valence-corrected chi connectivity index (χ1v) is 13.8. The fourth-order valence-electron chi connectivity index (χ4n) is 5.39. The summed E-state index contributed by atoms with van der Waals surface area (Å²) in [6, 6.07) is 12.7. The van der Waals surface area contributed by atoms with E-state index in [1.807, 2.05) is 35.4 Å². The predicted molar refractivity (Wildman–Crippen MR) is 144 cm³/mol. The number of pyridine rings is 1. The van der Waals surface area contributed by atoms with Crippen LogP contribution in [-0.4, -0.2) is 31.9 Å². The number of fused-ring (bicyclic) bond motifs is 1. The Labute approximate surface area is 211 Å². The Bertz CT molecular complexity index is 1080. The minimum Gasteiger partial charge on any atom is -0.331 e. The number of hydrogen-bond acceptors (Lipinski definition) is 3. The SMILES string of the molecule is CCCCCCCc1ccc(C(=O)N(Cc2nc3cccnc3n2C2CCCC2)CC(C)C)cc1. The van der Waals surface area contributed by atoms with Crippen molar-refractivity contribution in [3.8, 4) is 0 Å². The largest absolute Gasteiger partial charge is 0.331 e. The van der Waals surface area contributed by atoms with Crippen LogP contribution in [0.25, 0.3) is 11.2 Å².